The summed E-state index contributed by atoms with van der Waals surface area (Å²) in [5.74, 6) is -0.114. The molecule has 2 aromatic rings. The summed E-state index contributed by atoms with van der Waals surface area (Å²) in [5, 5.41) is 1.93. The highest BCUT2D eigenvalue weighted by atomic mass is 32.2. The van der Waals surface area contributed by atoms with E-state index in [1.165, 1.54) is 4.90 Å². The van der Waals surface area contributed by atoms with Crippen molar-refractivity contribution in [3.63, 3.8) is 0 Å². The zero-order chi connectivity index (χ0) is 14.6. The van der Waals surface area contributed by atoms with Gasteiger partial charge in [0.25, 0.3) is 0 Å². The second kappa shape index (κ2) is 4.21. The molecule has 0 N–H and O–H groups in total. The SMILES string of the molecule is O=C1O[C@H]2CS(=O)(=O)C[C@H]2N1c1cccc2ccccc12. The predicted octanol–water partition coefficient (Wildman–Crippen LogP) is 1.96. The molecule has 2 atom stereocenters. The first kappa shape index (κ1) is 12.6. The highest BCUT2D eigenvalue weighted by Crippen LogP contribution is 2.36. The van der Waals surface area contributed by atoms with Crippen LogP contribution < -0.4 is 4.90 Å². The predicted molar refractivity (Wildman–Crippen MR) is 79.1 cm³/mol. The number of hydrogen-bond acceptors (Lipinski definition) is 4. The zero-order valence-electron chi connectivity index (χ0n) is 11.1. The molecular formula is C15H13NO4S. The summed E-state index contributed by atoms with van der Waals surface area (Å²) in [5.41, 5.74) is 0.711. The van der Waals surface area contributed by atoms with Crippen LogP contribution in [-0.2, 0) is 14.6 Å². The van der Waals surface area contributed by atoms with Crippen LogP contribution in [0.15, 0.2) is 42.5 Å². The van der Waals surface area contributed by atoms with Gasteiger partial charge in [-0.2, -0.15) is 0 Å². The molecule has 108 valence electrons. The Morgan fingerprint density at radius 3 is 2.67 bits per heavy atom. The van der Waals surface area contributed by atoms with Gasteiger partial charge in [-0.3, -0.25) is 4.90 Å². The van der Waals surface area contributed by atoms with Gasteiger partial charge in [0.05, 0.1) is 23.2 Å². The third-order valence-corrected chi connectivity index (χ3v) is 5.76. The van der Waals surface area contributed by atoms with Crippen LogP contribution in [-0.4, -0.2) is 38.2 Å². The van der Waals surface area contributed by atoms with E-state index in [1.54, 1.807) is 0 Å². The summed E-state index contributed by atoms with van der Waals surface area (Å²) in [4.78, 5) is 13.6. The van der Waals surface area contributed by atoms with E-state index in [0.717, 1.165) is 10.8 Å². The van der Waals surface area contributed by atoms with E-state index in [2.05, 4.69) is 0 Å². The molecule has 0 aliphatic carbocycles. The fraction of sp³-hybridized carbons (Fsp3) is 0.267. The van der Waals surface area contributed by atoms with E-state index >= 15 is 0 Å². The number of nitrogens with zero attached hydrogens (tertiary/aromatic N) is 1. The van der Waals surface area contributed by atoms with Gasteiger partial charge in [0.15, 0.2) is 9.84 Å². The van der Waals surface area contributed by atoms with Gasteiger partial charge in [-0.15, -0.1) is 0 Å². The first-order valence-electron chi connectivity index (χ1n) is 6.73. The summed E-state index contributed by atoms with van der Waals surface area (Å²) >= 11 is 0. The molecule has 1 amide bonds. The molecule has 2 aromatic carbocycles. The lowest BCUT2D eigenvalue weighted by Crippen LogP contribution is -2.36. The molecule has 0 unspecified atom stereocenters. The van der Waals surface area contributed by atoms with Crippen LogP contribution in [0.1, 0.15) is 0 Å². The number of fused-ring (bicyclic) bond motifs is 2. The van der Waals surface area contributed by atoms with Gasteiger partial charge in [-0.25, -0.2) is 13.2 Å². The number of carbonyl (C=O) groups excluding carboxylic acids is 1. The van der Waals surface area contributed by atoms with Crippen LogP contribution >= 0.6 is 0 Å². The molecule has 0 bridgehead atoms. The Kier molecular flexibility index (Phi) is 2.53. The maximum atomic E-state index is 12.2. The van der Waals surface area contributed by atoms with E-state index in [0.29, 0.717) is 5.69 Å². The van der Waals surface area contributed by atoms with Crippen LogP contribution in [0.5, 0.6) is 0 Å². The molecular weight excluding hydrogens is 290 g/mol. The van der Waals surface area contributed by atoms with Gasteiger partial charge in [0.2, 0.25) is 0 Å². The van der Waals surface area contributed by atoms with Crippen molar-refractivity contribution in [2.45, 2.75) is 12.1 Å². The lowest BCUT2D eigenvalue weighted by atomic mass is 10.1. The quantitative estimate of drug-likeness (QED) is 0.808. The second-order valence-electron chi connectivity index (χ2n) is 5.43. The Morgan fingerprint density at radius 1 is 1.05 bits per heavy atom. The molecule has 21 heavy (non-hydrogen) atoms. The molecule has 6 heteroatoms. The summed E-state index contributed by atoms with van der Waals surface area (Å²) in [6, 6.07) is 12.9. The van der Waals surface area contributed by atoms with E-state index < -0.39 is 28.1 Å². The molecule has 2 aliphatic rings. The number of hydrogen-bond donors (Lipinski definition) is 0. The van der Waals surface area contributed by atoms with E-state index in [-0.39, 0.29) is 11.5 Å². The smallest absolute Gasteiger partial charge is 0.415 e. The molecule has 4 rings (SSSR count). The molecule has 0 saturated carbocycles. The Balaban J connectivity index is 1.86. The van der Waals surface area contributed by atoms with Crippen molar-refractivity contribution in [2.24, 2.45) is 0 Å². The van der Waals surface area contributed by atoms with E-state index in [9.17, 15) is 13.2 Å². The standard InChI is InChI=1S/C15H13NO4S/c17-15-16(13-8-21(18,19)9-14(13)20-15)12-7-3-5-10-4-1-2-6-11(10)12/h1-7,13-14H,8-9H2/t13-,14+/m1/s1. The van der Waals surface area contributed by atoms with Gasteiger partial charge < -0.3 is 4.74 Å². The number of ether oxygens (including phenoxy) is 1. The van der Waals surface area contributed by atoms with E-state index in [4.69, 9.17) is 4.74 Å². The maximum absolute atomic E-state index is 12.2. The minimum Gasteiger partial charge on any atom is -0.442 e. The average molecular weight is 303 g/mol. The molecule has 2 saturated heterocycles. The first-order valence-corrected chi connectivity index (χ1v) is 8.55. The Hall–Kier alpha value is -2.08. The lowest BCUT2D eigenvalue weighted by Gasteiger charge is -2.21. The Morgan fingerprint density at radius 2 is 1.81 bits per heavy atom. The average Bonchev–Trinajstić information content (AvgIpc) is 2.88. The van der Waals surface area contributed by atoms with Gasteiger partial charge in [-0.05, 0) is 11.5 Å². The largest absolute Gasteiger partial charge is 0.442 e. The van der Waals surface area contributed by atoms with Crippen molar-refractivity contribution < 1.29 is 17.9 Å². The third kappa shape index (κ3) is 1.90. The van der Waals surface area contributed by atoms with Crippen molar-refractivity contribution >= 4 is 32.4 Å². The van der Waals surface area contributed by atoms with Crippen molar-refractivity contribution in [2.75, 3.05) is 16.4 Å². The number of anilines is 1. The minimum absolute atomic E-state index is 0.0351. The summed E-state index contributed by atoms with van der Waals surface area (Å²) in [6.07, 6.45) is -1.02. The molecule has 0 aromatic heterocycles. The zero-order valence-corrected chi connectivity index (χ0v) is 11.9. The molecule has 2 fully saturated rings. The molecule has 2 heterocycles. The summed E-state index contributed by atoms with van der Waals surface area (Å²) in [7, 11) is -3.14. The maximum Gasteiger partial charge on any atom is 0.415 e. The number of carbonyl (C=O) groups is 1. The highest BCUT2D eigenvalue weighted by Gasteiger charge is 2.51. The number of sulfone groups is 1. The van der Waals surface area contributed by atoms with Crippen molar-refractivity contribution in [1.82, 2.24) is 0 Å². The van der Waals surface area contributed by atoms with Gasteiger partial charge in [0, 0.05) is 5.39 Å². The van der Waals surface area contributed by atoms with Gasteiger partial charge in [-0.1, -0.05) is 36.4 Å². The van der Waals surface area contributed by atoms with Crippen LogP contribution in [0.25, 0.3) is 10.8 Å². The van der Waals surface area contributed by atoms with Crippen molar-refractivity contribution in [3.8, 4) is 0 Å². The highest BCUT2D eigenvalue weighted by molar-refractivity contribution is 7.91. The van der Waals surface area contributed by atoms with Crippen LogP contribution in [0.4, 0.5) is 10.5 Å². The van der Waals surface area contributed by atoms with E-state index in [1.807, 2.05) is 42.5 Å². The molecule has 5 nitrogen and oxygen atoms in total. The van der Waals surface area contributed by atoms with Gasteiger partial charge >= 0.3 is 6.09 Å². The van der Waals surface area contributed by atoms with Crippen LogP contribution in [0.2, 0.25) is 0 Å². The molecule has 2 aliphatic heterocycles. The Bertz CT molecular complexity index is 840. The summed E-state index contributed by atoms with van der Waals surface area (Å²) in [6.45, 7) is 0. The number of amides is 1. The monoisotopic (exact) mass is 303 g/mol. The minimum atomic E-state index is -3.14. The second-order valence-corrected chi connectivity index (χ2v) is 7.59. The van der Waals surface area contributed by atoms with Gasteiger partial charge in [0.1, 0.15) is 6.10 Å². The van der Waals surface area contributed by atoms with Crippen LogP contribution in [0.3, 0.4) is 0 Å². The third-order valence-electron chi connectivity index (χ3n) is 4.08. The lowest BCUT2D eigenvalue weighted by molar-refractivity contribution is 0.147. The molecule has 0 spiro atoms. The number of rotatable bonds is 1. The van der Waals surface area contributed by atoms with Crippen molar-refractivity contribution in [3.05, 3.63) is 42.5 Å². The number of benzene rings is 2. The Labute approximate surface area is 122 Å². The summed E-state index contributed by atoms with van der Waals surface area (Å²) < 4.78 is 28.8. The normalized spacial score (nSPS) is 26.9. The van der Waals surface area contributed by atoms with Crippen LogP contribution in [0, 0.1) is 0 Å². The molecule has 0 radical (unpaired) electrons. The fourth-order valence-electron chi connectivity index (χ4n) is 3.17. The van der Waals surface area contributed by atoms with Crippen molar-refractivity contribution in [1.29, 1.82) is 0 Å². The first-order chi connectivity index (χ1) is 10.1. The topological polar surface area (TPSA) is 63.7 Å². The fourth-order valence-corrected chi connectivity index (χ4v) is 4.98.